The molecule has 2 aliphatic rings. The first kappa shape index (κ1) is 29.4. The van der Waals surface area contributed by atoms with Gasteiger partial charge >= 0.3 is 18.0 Å². The first-order chi connectivity index (χ1) is 18.3. The maximum atomic E-state index is 12.5. The van der Waals surface area contributed by atoms with Gasteiger partial charge in [-0.2, -0.15) is 0 Å². The fourth-order valence-electron chi connectivity index (χ4n) is 4.71. The van der Waals surface area contributed by atoms with Gasteiger partial charge in [0, 0.05) is 37.2 Å². The van der Waals surface area contributed by atoms with Crippen LogP contribution in [-0.4, -0.2) is 76.0 Å². The lowest BCUT2D eigenvalue weighted by Crippen LogP contribution is -2.36. The van der Waals surface area contributed by atoms with Gasteiger partial charge in [-0.3, -0.25) is 9.69 Å². The molecule has 0 saturated carbocycles. The minimum absolute atomic E-state index is 0.144. The van der Waals surface area contributed by atoms with Crippen molar-refractivity contribution in [1.82, 2.24) is 10.2 Å². The number of fused-ring (bicyclic) bond motifs is 1. The minimum atomic E-state index is -0.466. The molecule has 2 heterocycles. The number of nitrogens with one attached hydrogen (secondary N) is 2. The molecule has 1 fully saturated rings. The normalized spacial score (nSPS) is 15.6. The van der Waals surface area contributed by atoms with Crippen LogP contribution in [0, 0.1) is 6.92 Å². The van der Waals surface area contributed by atoms with E-state index in [0.29, 0.717) is 55.0 Å². The Bertz CT molecular complexity index is 1030. The number of amides is 2. The molecule has 0 atom stereocenters. The highest BCUT2D eigenvalue weighted by Crippen LogP contribution is 2.41. The van der Waals surface area contributed by atoms with E-state index in [1.165, 1.54) is 0 Å². The number of allylic oxidation sites excluding steroid dienone is 2. The SMILES string of the molecule is CCNC(=O)Nc1c(CC=C(C)CCC(=O)OCCCCN2CCOCC2)c(OC)c(C)c2c1C(=O)OC2. The highest BCUT2D eigenvalue weighted by Gasteiger charge is 2.32. The van der Waals surface area contributed by atoms with Crippen molar-refractivity contribution in [3.05, 3.63) is 33.9 Å². The Hall–Kier alpha value is -3.11. The summed E-state index contributed by atoms with van der Waals surface area (Å²) in [5, 5.41) is 5.53. The molecule has 10 heteroatoms. The van der Waals surface area contributed by atoms with Gasteiger partial charge in [0.05, 0.1) is 38.2 Å². The third kappa shape index (κ3) is 7.94. The second kappa shape index (κ2) is 14.7. The van der Waals surface area contributed by atoms with Crippen LogP contribution >= 0.6 is 0 Å². The van der Waals surface area contributed by atoms with Crippen LogP contribution in [0.5, 0.6) is 5.75 Å². The van der Waals surface area contributed by atoms with Crippen LogP contribution in [0.25, 0.3) is 0 Å². The monoisotopic (exact) mass is 531 g/mol. The number of urea groups is 1. The average Bonchev–Trinajstić information content (AvgIpc) is 3.30. The van der Waals surface area contributed by atoms with Gasteiger partial charge in [0.15, 0.2) is 0 Å². The van der Waals surface area contributed by atoms with Gasteiger partial charge < -0.3 is 29.6 Å². The molecule has 1 aromatic rings. The van der Waals surface area contributed by atoms with Crippen molar-refractivity contribution in [1.29, 1.82) is 0 Å². The first-order valence-corrected chi connectivity index (χ1v) is 13.4. The lowest BCUT2D eigenvalue weighted by atomic mass is 9.93. The lowest BCUT2D eigenvalue weighted by Gasteiger charge is -2.26. The molecule has 2 amide bonds. The molecule has 0 aromatic heterocycles. The Morgan fingerprint density at radius 1 is 1.16 bits per heavy atom. The highest BCUT2D eigenvalue weighted by atomic mass is 16.5. The molecule has 0 radical (unpaired) electrons. The number of ether oxygens (including phenoxy) is 4. The molecular weight excluding hydrogens is 490 g/mol. The number of hydrogen-bond acceptors (Lipinski definition) is 8. The molecule has 0 bridgehead atoms. The standard InChI is InChI=1S/C28H41N3O7/c1-5-29-28(34)30-25-21(26(35-4)20(3)22-18-38-27(33)24(22)25)10-8-19(2)9-11-23(32)37-15-7-6-12-31-13-16-36-17-14-31/h8H,5-7,9-18H2,1-4H3,(H2,29,30,34). The van der Waals surface area contributed by atoms with Gasteiger partial charge in [-0.1, -0.05) is 11.6 Å². The first-order valence-electron chi connectivity index (χ1n) is 13.4. The summed E-state index contributed by atoms with van der Waals surface area (Å²) in [6.45, 7) is 11.2. The molecule has 0 unspecified atom stereocenters. The van der Waals surface area contributed by atoms with Crippen molar-refractivity contribution in [2.45, 2.75) is 59.5 Å². The van der Waals surface area contributed by atoms with Crippen LogP contribution in [0.15, 0.2) is 11.6 Å². The van der Waals surface area contributed by atoms with Gasteiger partial charge in [-0.15, -0.1) is 0 Å². The molecule has 38 heavy (non-hydrogen) atoms. The van der Waals surface area contributed by atoms with E-state index >= 15 is 0 Å². The summed E-state index contributed by atoms with van der Waals surface area (Å²) in [6, 6.07) is -0.407. The van der Waals surface area contributed by atoms with Crippen LogP contribution in [-0.2, 0) is 32.0 Å². The number of hydrogen-bond donors (Lipinski definition) is 2. The largest absolute Gasteiger partial charge is 0.496 e. The Labute approximate surface area is 225 Å². The smallest absolute Gasteiger partial charge is 0.341 e. The van der Waals surface area contributed by atoms with Gasteiger partial charge in [0.1, 0.15) is 12.4 Å². The predicted molar refractivity (Wildman–Crippen MR) is 144 cm³/mol. The summed E-state index contributed by atoms with van der Waals surface area (Å²) in [6.07, 6.45) is 5.09. The zero-order chi connectivity index (χ0) is 27.5. The van der Waals surface area contributed by atoms with E-state index in [9.17, 15) is 14.4 Å². The predicted octanol–water partition coefficient (Wildman–Crippen LogP) is 3.74. The number of unbranched alkanes of at least 4 members (excludes halogenated alkanes) is 1. The maximum Gasteiger partial charge on any atom is 0.341 e. The number of nitrogens with zero attached hydrogens (tertiary/aromatic N) is 1. The molecule has 3 rings (SSSR count). The van der Waals surface area contributed by atoms with Crippen LogP contribution in [0.2, 0.25) is 0 Å². The van der Waals surface area contributed by atoms with Crippen molar-refractivity contribution in [2.75, 3.05) is 58.4 Å². The van der Waals surface area contributed by atoms with Crippen molar-refractivity contribution in [3.63, 3.8) is 0 Å². The van der Waals surface area contributed by atoms with Crippen LogP contribution in [0.1, 0.15) is 66.6 Å². The number of cyclic esters (lactones) is 1. The minimum Gasteiger partial charge on any atom is -0.496 e. The summed E-state index contributed by atoms with van der Waals surface area (Å²) in [5.74, 6) is -0.0713. The van der Waals surface area contributed by atoms with E-state index in [-0.39, 0.29) is 12.6 Å². The topological polar surface area (TPSA) is 115 Å². The average molecular weight is 532 g/mol. The molecule has 0 spiro atoms. The summed E-state index contributed by atoms with van der Waals surface area (Å²) in [7, 11) is 1.57. The molecular formula is C28H41N3O7. The number of carbonyl (C=O) groups excluding carboxylic acids is 3. The summed E-state index contributed by atoms with van der Waals surface area (Å²) < 4.78 is 21.7. The van der Waals surface area contributed by atoms with E-state index in [1.807, 2.05) is 26.8 Å². The molecule has 0 aliphatic carbocycles. The zero-order valence-electron chi connectivity index (χ0n) is 23.1. The summed E-state index contributed by atoms with van der Waals surface area (Å²) in [4.78, 5) is 39.5. The van der Waals surface area contributed by atoms with E-state index in [1.54, 1.807) is 7.11 Å². The fourth-order valence-corrected chi connectivity index (χ4v) is 4.71. The third-order valence-corrected chi connectivity index (χ3v) is 6.87. The quantitative estimate of drug-likeness (QED) is 0.225. The molecule has 1 aromatic carbocycles. The van der Waals surface area contributed by atoms with Crippen molar-refractivity contribution in [2.24, 2.45) is 0 Å². The van der Waals surface area contributed by atoms with E-state index in [2.05, 4.69) is 15.5 Å². The number of methoxy groups -OCH3 is 1. The Kier molecular flexibility index (Phi) is 11.4. The van der Waals surface area contributed by atoms with Crippen molar-refractivity contribution < 1.29 is 33.3 Å². The van der Waals surface area contributed by atoms with Gasteiger partial charge in [0.2, 0.25) is 0 Å². The number of esters is 2. The zero-order valence-corrected chi connectivity index (χ0v) is 23.1. The highest BCUT2D eigenvalue weighted by molar-refractivity contribution is 6.05. The van der Waals surface area contributed by atoms with Crippen molar-refractivity contribution in [3.8, 4) is 5.75 Å². The van der Waals surface area contributed by atoms with Gasteiger partial charge in [-0.05, 0) is 58.6 Å². The van der Waals surface area contributed by atoms with Crippen LogP contribution in [0.4, 0.5) is 10.5 Å². The molecule has 2 N–H and O–H groups in total. The number of anilines is 1. The van der Waals surface area contributed by atoms with E-state index in [0.717, 1.165) is 62.4 Å². The molecule has 10 nitrogen and oxygen atoms in total. The number of morpholine rings is 1. The number of carbonyl (C=O) groups is 3. The molecule has 2 aliphatic heterocycles. The van der Waals surface area contributed by atoms with Gasteiger partial charge in [0.25, 0.3) is 0 Å². The second-order valence-corrected chi connectivity index (χ2v) is 9.56. The van der Waals surface area contributed by atoms with Crippen LogP contribution in [0.3, 0.4) is 0 Å². The third-order valence-electron chi connectivity index (χ3n) is 6.87. The van der Waals surface area contributed by atoms with Gasteiger partial charge in [-0.25, -0.2) is 9.59 Å². The maximum absolute atomic E-state index is 12.5. The fraction of sp³-hybridized carbons (Fsp3) is 0.607. The lowest BCUT2D eigenvalue weighted by molar-refractivity contribution is -0.143. The van der Waals surface area contributed by atoms with E-state index < -0.39 is 12.0 Å². The summed E-state index contributed by atoms with van der Waals surface area (Å²) in [5.41, 5.74) is 3.99. The summed E-state index contributed by atoms with van der Waals surface area (Å²) >= 11 is 0. The number of rotatable bonds is 13. The van der Waals surface area contributed by atoms with Crippen molar-refractivity contribution >= 4 is 23.7 Å². The Balaban J connectivity index is 1.57. The second-order valence-electron chi connectivity index (χ2n) is 9.56. The Morgan fingerprint density at radius 3 is 2.63 bits per heavy atom. The molecule has 1 saturated heterocycles. The Morgan fingerprint density at radius 2 is 1.92 bits per heavy atom. The number of benzene rings is 1. The van der Waals surface area contributed by atoms with Crippen LogP contribution < -0.4 is 15.4 Å². The van der Waals surface area contributed by atoms with E-state index in [4.69, 9.17) is 18.9 Å². The molecule has 210 valence electrons.